The quantitative estimate of drug-likeness (QED) is 0.863. The summed E-state index contributed by atoms with van der Waals surface area (Å²) in [5.41, 5.74) is 1.30. The molecule has 3 heteroatoms. The van der Waals surface area contributed by atoms with Gasteiger partial charge in [0.2, 0.25) is 0 Å². The van der Waals surface area contributed by atoms with E-state index in [1.807, 2.05) is 12.1 Å². The zero-order chi connectivity index (χ0) is 14.5. The average molecular weight is 276 g/mol. The Morgan fingerprint density at radius 3 is 2.75 bits per heavy atom. The van der Waals surface area contributed by atoms with E-state index < -0.39 is 0 Å². The number of likely N-dealkylation sites (N-methyl/N-ethyl adjacent to an activating group) is 1. The van der Waals surface area contributed by atoms with E-state index in [4.69, 9.17) is 4.74 Å². The molecule has 0 radical (unpaired) electrons. The molecule has 1 unspecified atom stereocenters. The first-order chi connectivity index (χ1) is 9.61. The molecular formula is C17H28N2O. The van der Waals surface area contributed by atoms with Crippen LogP contribution >= 0.6 is 0 Å². The molecule has 3 atom stereocenters. The zero-order valence-corrected chi connectivity index (χ0v) is 13.2. The Balaban J connectivity index is 1.91. The molecule has 20 heavy (non-hydrogen) atoms. The number of benzene rings is 1. The Morgan fingerprint density at radius 1 is 1.35 bits per heavy atom. The van der Waals surface area contributed by atoms with Crippen LogP contribution < -0.4 is 10.1 Å². The van der Waals surface area contributed by atoms with Crippen molar-refractivity contribution in [2.75, 3.05) is 33.8 Å². The van der Waals surface area contributed by atoms with Crippen molar-refractivity contribution < 1.29 is 4.74 Å². The van der Waals surface area contributed by atoms with E-state index in [9.17, 15) is 0 Å². The van der Waals surface area contributed by atoms with Crippen molar-refractivity contribution in [3.63, 3.8) is 0 Å². The summed E-state index contributed by atoms with van der Waals surface area (Å²) in [5, 5.41) is 3.49. The highest BCUT2D eigenvalue weighted by atomic mass is 16.5. The first-order valence-corrected chi connectivity index (χ1v) is 7.64. The molecule has 0 aliphatic carbocycles. The predicted octanol–water partition coefficient (Wildman–Crippen LogP) is 2.41. The van der Waals surface area contributed by atoms with E-state index in [-0.39, 0.29) is 0 Å². The standard InChI is InChI=1S/C17H28N2O/c1-13-10-18-11-16(13)12-19(3)14(2)9-15-7-5-6-8-17(15)20-4/h5-8,13-14,16,18H,9-12H2,1-4H3/t13-,14?,16+/m1/s1. The fourth-order valence-electron chi connectivity index (χ4n) is 3.00. The van der Waals surface area contributed by atoms with E-state index in [1.54, 1.807) is 7.11 Å². The van der Waals surface area contributed by atoms with Gasteiger partial charge in [0.1, 0.15) is 5.75 Å². The Labute approximate surface area is 123 Å². The molecule has 1 saturated heterocycles. The van der Waals surface area contributed by atoms with Crippen molar-refractivity contribution in [2.45, 2.75) is 26.3 Å². The summed E-state index contributed by atoms with van der Waals surface area (Å²) in [6.07, 6.45) is 1.04. The van der Waals surface area contributed by atoms with Crippen LogP contribution in [0.1, 0.15) is 19.4 Å². The Bertz CT molecular complexity index is 421. The maximum Gasteiger partial charge on any atom is 0.122 e. The average Bonchev–Trinajstić information content (AvgIpc) is 2.84. The predicted molar refractivity (Wildman–Crippen MR) is 84.3 cm³/mol. The van der Waals surface area contributed by atoms with Gasteiger partial charge in [0, 0.05) is 12.6 Å². The number of methoxy groups -OCH3 is 1. The molecule has 1 fully saturated rings. The summed E-state index contributed by atoms with van der Waals surface area (Å²) in [6, 6.07) is 8.86. The van der Waals surface area contributed by atoms with Crippen LogP contribution in [-0.2, 0) is 6.42 Å². The van der Waals surface area contributed by atoms with Crippen LogP contribution in [0, 0.1) is 11.8 Å². The van der Waals surface area contributed by atoms with Crippen LogP contribution in [-0.4, -0.2) is 44.7 Å². The molecule has 2 rings (SSSR count). The highest BCUT2D eigenvalue weighted by Crippen LogP contribution is 2.22. The summed E-state index contributed by atoms with van der Waals surface area (Å²) < 4.78 is 5.45. The van der Waals surface area contributed by atoms with Gasteiger partial charge in [-0.05, 0) is 56.9 Å². The van der Waals surface area contributed by atoms with E-state index >= 15 is 0 Å². The molecule has 0 saturated carbocycles. The molecule has 1 N–H and O–H groups in total. The van der Waals surface area contributed by atoms with Crippen molar-refractivity contribution in [1.82, 2.24) is 10.2 Å². The number of rotatable bonds is 6. The van der Waals surface area contributed by atoms with Crippen molar-refractivity contribution >= 4 is 0 Å². The minimum atomic E-state index is 0.527. The monoisotopic (exact) mass is 276 g/mol. The molecule has 1 aromatic carbocycles. The van der Waals surface area contributed by atoms with Gasteiger partial charge in [-0.3, -0.25) is 0 Å². The van der Waals surface area contributed by atoms with Gasteiger partial charge in [0.25, 0.3) is 0 Å². The van der Waals surface area contributed by atoms with E-state index in [1.165, 1.54) is 18.7 Å². The van der Waals surface area contributed by atoms with Gasteiger partial charge in [-0.25, -0.2) is 0 Å². The van der Waals surface area contributed by atoms with Gasteiger partial charge in [0.05, 0.1) is 7.11 Å². The lowest BCUT2D eigenvalue weighted by molar-refractivity contribution is 0.205. The number of hydrogen-bond donors (Lipinski definition) is 1. The maximum absolute atomic E-state index is 5.45. The number of hydrogen-bond acceptors (Lipinski definition) is 3. The minimum absolute atomic E-state index is 0.527. The van der Waals surface area contributed by atoms with Crippen LogP contribution in [0.25, 0.3) is 0 Å². The molecule has 1 aliphatic heterocycles. The highest BCUT2D eigenvalue weighted by Gasteiger charge is 2.25. The summed E-state index contributed by atoms with van der Waals surface area (Å²) in [6.45, 7) is 8.15. The zero-order valence-electron chi connectivity index (χ0n) is 13.2. The third-order valence-corrected chi connectivity index (χ3v) is 4.66. The first-order valence-electron chi connectivity index (χ1n) is 7.64. The van der Waals surface area contributed by atoms with Crippen molar-refractivity contribution in [3.05, 3.63) is 29.8 Å². The molecule has 3 nitrogen and oxygen atoms in total. The van der Waals surface area contributed by atoms with Crippen molar-refractivity contribution in [3.8, 4) is 5.75 Å². The third kappa shape index (κ3) is 3.74. The first kappa shape index (κ1) is 15.3. The number of para-hydroxylation sites is 1. The maximum atomic E-state index is 5.45. The summed E-state index contributed by atoms with van der Waals surface area (Å²) in [7, 11) is 3.99. The van der Waals surface area contributed by atoms with Gasteiger partial charge < -0.3 is 15.0 Å². The molecule has 1 aromatic rings. The van der Waals surface area contributed by atoms with E-state index in [0.717, 1.165) is 30.6 Å². The lowest BCUT2D eigenvalue weighted by atomic mass is 9.96. The summed E-state index contributed by atoms with van der Waals surface area (Å²) >= 11 is 0. The van der Waals surface area contributed by atoms with Gasteiger partial charge in [0.15, 0.2) is 0 Å². The molecule has 1 heterocycles. The Morgan fingerprint density at radius 2 is 2.10 bits per heavy atom. The largest absolute Gasteiger partial charge is 0.496 e. The molecule has 0 spiro atoms. The number of ether oxygens (including phenoxy) is 1. The van der Waals surface area contributed by atoms with E-state index in [0.29, 0.717) is 6.04 Å². The van der Waals surface area contributed by atoms with Crippen LogP contribution in [0.2, 0.25) is 0 Å². The molecular weight excluding hydrogens is 248 g/mol. The van der Waals surface area contributed by atoms with Crippen LogP contribution in [0.15, 0.2) is 24.3 Å². The number of nitrogens with one attached hydrogen (secondary N) is 1. The minimum Gasteiger partial charge on any atom is -0.496 e. The molecule has 1 aliphatic rings. The molecule has 0 aromatic heterocycles. The second kappa shape index (κ2) is 7.09. The third-order valence-electron chi connectivity index (χ3n) is 4.66. The topological polar surface area (TPSA) is 24.5 Å². The number of nitrogens with zero attached hydrogens (tertiary/aromatic N) is 1. The van der Waals surface area contributed by atoms with Gasteiger partial charge in [-0.2, -0.15) is 0 Å². The second-order valence-corrected chi connectivity index (χ2v) is 6.20. The fourth-order valence-corrected chi connectivity index (χ4v) is 3.00. The second-order valence-electron chi connectivity index (χ2n) is 6.20. The van der Waals surface area contributed by atoms with Crippen molar-refractivity contribution in [2.24, 2.45) is 11.8 Å². The SMILES string of the molecule is COc1ccccc1CC(C)N(C)C[C@@H]1CNC[C@H]1C. The van der Waals surface area contributed by atoms with E-state index in [2.05, 4.69) is 43.2 Å². The van der Waals surface area contributed by atoms with Gasteiger partial charge >= 0.3 is 0 Å². The smallest absolute Gasteiger partial charge is 0.122 e. The normalized spacial score (nSPS) is 24.1. The highest BCUT2D eigenvalue weighted by molar-refractivity contribution is 5.33. The fraction of sp³-hybridized carbons (Fsp3) is 0.647. The van der Waals surface area contributed by atoms with Crippen LogP contribution in [0.4, 0.5) is 0 Å². The Hall–Kier alpha value is -1.06. The van der Waals surface area contributed by atoms with Crippen LogP contribution in [0.5, 0.6) is 5.75 Å². The summed E-state index contributed by atoms with van der Waals surface area (Å²) in [5.74, 6) is 2.57. The lowest BCUT2D eigenvalue weighted by Crippen LogP contribution is -2.37. The van der Waals surface area contributed by atoms with Gasteiger partial charge in [-0.15, -0.1) is 0 Å². The van der Waals surface area contributed by atoms with Crippen LogP contribution in [0.3, 0.4) is 0 Å². The van der Waals surface area contributed by atoms with Gasteiger partial charge in [-0.1, -0.05) is 25.1 Å². The molecule has 112 valence electrons. The summed E-state index contributed by atoms with van der Waals surface area (Å²) in [4.78, 5) is 2.49. The lowest BCUT2D eigenvalue weighted by Gasteiger charge is -2.29. The molecule has 0 bridgehead atoms. The molecule has 0 amide bonds. The Kier molecular flexibility index (Phi) is 5.44. The van der Waals surface area contributed by atoms with Crippen molar-refractivity contribution in [1.29, 1.82) is 0 Å².